The molecule has 0 aliphatic heterocycles. The third kappa shape index (κ3) is 9.76. The number of fused-ring (bicyclic) bond motifs is 13. The molecule has 16 aromatic rings. The molecule has 0 unspecified atom stereocenters. The second kappa shape index (κ2) is 21.0. The van der Waals surface area contributed by atoms with E-state index in [0.29, 0.717) is 0 Å². The summed E-state index contributed by atoms with van der Waals surface area (Å²) in [5.74, 6) is 0. The van der Waals surface area contributed by atoms with Crippen molar-refractivity contribution in [3.05, 3.63) is 265 Å². The zero-order valence-electron chi connectivity index (χ0n) is 54.7. The first-order valence-corrected chi connectivity index (χ1v) is 34.1. The molecule has 0 aliphatic rings. The fraction of sp³-hybridized carbons (Fsp3) is 0.186. The third-order valence-electron chi connectivity index (χ3n) is 19.2. The van der Waals surface area contributed by atoms with Crippen LogP contribution in [0.2, 0.25) is 0 Å². The van der Waals surface area contributed by atoms with E-state index >= 15 is 0 Å². The van der Waals surface area contributed by atoms with Gasteiger partial charge in [-0.15, -0.1) is 22.7 Å². The monoisotopic (exact) mass is 1230 g/mol. The number of para-hydroxylation sites is 4. The molecule has 0 N–H and O–H groups in total. The van der Waals surface area contributed by atoms with Crippen molar-refractivity contribution in [2.75, 3.05) is 9.80 Å². The van der Waals surface area contributed by atoms with Crippen molar-refractivity contribution < 1.29 is 0 Å². The van der Waals surface area contributed by atoms with Crippen molar-refractivity contribution >= 4 is 152 Å². The van der Waals surface area contributed by atoms with Crippen LogP contribution in [0.3, 0.4) is 0 Å². The molecule has 4 aromatic heterocycles. The van der Waals surface area contributed by atoms with E-state index in [4.69, 9.17) is 0 Å². The molecule has 16 rings (SSSR count). The summed E-state index contributed by atoms with van der Waals surface area (Å²) in [6.07, 6.45) is 0. The van der Waals surface area contributed by atoms with Crippen molar-refractivity contribution in [3.8, 4) is 11.4 Å². The molecule has 4 nitrogen and oxygen atoms in total. The lowest BCUT2D eigenvalue weighted by atomic mass is 9.80. The first-order chi connectivity index (χ1) is 44.1. The lowest BCUT2D eigenvalue weighted by Gasteiger charge is -2.27. The molecule has 0 spiro atoms. The summed E-state index contributed by atoms with van der Waals surface area (Å²) in [6, 6.07) is 92.1. The van der Waals surface area contributed by atoms with Crippen molar-refractivity contribution in [1.29, 1.82) is 0 Å². The van der Waals surface area contributed by atoms with E-state index < -0.39 is 0 Å². The maximum Gasteiger partial charge on any atom is 0.0561 e. The highest BCUT2D eigenvalue weighted by Gasteiger charge is 2.27. The lowest BCUT2D eigenvalue weighted by molar-refractivity contribution is 0.567. The van der Waals surface area contributed by atoms with E-state index in [9.17, 15) is 0 Å². The van der Waals surface area contributed by atoms with Gasteiger partial charge in [-0.3, -0.25) is 0 Å². The number of hydrogen-bond donors (Lipinski definition) is 0. The molecular formula is C86H76N4S2. The van der Waals surface area contributed by atoms with Gasteiger partial charge in [-0.2, -0.15) is 0 Å². The molecule has 0 aliphatic carbocycles. The van der Waals surface area contributed by atoms with Crippen LogP contribution < -0.4 is 9.80 Å². The van der Waals surface area contributed by atoms with Crippen LogP contribution in [-0.2, 0) is 21.7 Å². The Balaban J connectivity index is 0.787. The van der Waals surface area contributed by atoms with Crippen molar-refractivity contribution in [2.45, 2.75) is 105 Å². The van der Waals surface area contributed by atoms with Gasteiger partial charge < -0.3 is 18.9 Å². The minimum Gasteiger partial charge on any atom is -0.310 e. The number of nitrogens with zero attached hydrogens (tertiary/aromatic N) is 4. The average Bonchev–Trinajstić information content (AvgIpc) is 1.58. The topological polar surface area (TPSA) is 16.3 Å². The van der Waals surface area contributed by atoms with Gasteiger partial charge in [0.2, 0.25) is 0 Å². The van der Waals surface area contributed by atoms with Crippen molar-refractivity contribution in [3.63, 3.8) is 0 Å². The molecule has 0 radical (unpaired) electrons. The first-order valence-electron chi connectivity index (χ1n) is 32.5. The van der Waals surface area contributed by atoms with Crippen molar-refractivity contribution in [1.82, 2.24) is 9.13 Å². The van der Waals surface area contributed by atoms with E-state index in [2.05, 4.69) is 345 Å². The standard InChI is InChI=1S/C86H76N4S2/c1-83(2,3)55-43-56(84(4,5)6)46-65(45-55)89-75-29-21-19-27-67(75)69-35-31-61(49-77(69)89)87(59-23-15-13-16-24-59)63-33-37-71-73-39-53-40-74-72-38-34-64(52-82(72)92-80(74)42-54(53)41-79(73)91-81(71)51-63)88(60-25-17-14-18-26-60)62-32-36-70-68-28-20-22-30-76(68)90(78(70)50-62)66-47-57(85(7,8)9)44-58(48-66)86(10,11)12/h13-52H,1-12H3. The second-order valence-corrected chi connectivity index (χ2v) is 31.8. The minimum atomic E-state index is -0.0192. The van der Waals surface area contributed by atoms with Gasteiger partial charge in [-0.25, -0.2) is 0 Å². The van der Waals surface area contributed by atoms with Crippen LogP contribution in [0.25, 0.3) is 106 Å². The van der Waals surface area contributed by atoms with Gasteiger partial charge in [0, 0.05) is 107 Å². The van der Waals surface area contributed by atoms with Gasteiger partial charge in [-0.1, -0.05) is 192 Å². The Morgan fingerprint density at radius 3 is 0.913 bits per heavy atom. The molecule has 0 bridgehead atoms. The molecule has 0 saturated heterocycles. The number of aromatic nitrogens is 2. The second-order valence-electron chi connectivity index (χ2n) is 29.6. The number of anilines is 6. The van der Waals surface area contributed by atoms with Crippen LogP contribution in [0.15, 0.2) is 243 Å². The van der Waals surface area contributed by atoms with Crippen LogP contribution in [0.1, 0.15) is 105 Å². The molecule has 452 valence electrons. The first kappa shape index (κ1) is 57.7. The van der Waals surface area contributed by atoms with E-state index in [1.807, 2.05) is 22.7 Å². The predicted molar refractivity (Wildman–Crippen MR) is 403 cm³/mol. The van der Waals surface area contributed by atoms with Gasteiger partial charge >= 0.3 is 0 Å². The largest absolute Gasteiger partial charge is 0.310 e. The summed E-state index contributed by atoms with van der Waals surface area (Å²) >= 11 is 3.78. The van der Waals surface area contributed by atoms with Crippen LogP contribution in [0.4, 0.5) is 34.1 Å². The molecule has 6 heteroatoms. The van der Waals surface area contributed by atoms with Gasteiger partial charge in [0.15, 0.2) is 0 Å². The Bertz CT molecular complexity index is 5220. The number of hydrogen-bond acceptors (Lipinski definition) is 4. The average molecular weight is 1230 g/mol. The van der Waals surface area contributed by atoms with Gasteiger partial charge in [0.1, 0.15) is 0 Å². The Morgan fingerprint density at radius 1 is 0.239 bits per heavy atom. The van der Waals surface area contributed by atoms with Gasteiger partial charge in [-0.05, 0) is 188 Å². The number of thiophene rings is 2. The Morgan fingerprint density at radius 2 is 0.543 bits per heavy atom. The smallest absolute Gasteiger partial charge is 0.0561 e. The molecule has 0 fully saturated rings. The van der Waals surface area contributed by atoms with Crippen LogP contribution >= 0.6 is 22.7 Å². The van der Waals surface area contributed by atoms with E-state index in [1.165, 1.54) is 128 Å². The third-order valence-corrected chi connectivity index (χ3v) is 21.4. The van der Waals surface area contributed by atoms with Gasteiger partial charge in [0.25, 0.3) is 0 Å². The van der Waals surface area contributed by atoms with E-state index in [0.717, 1.165) is 34.1 Å². The van der Waals surface area contributed by atoms with Gasteiger partial charge in [0.05, 0.1) is 22.1 Å². The zero-order chi connectivity index (χ0) is 63.3. The molecule has 92 heavy (non-hydrogen) atoms. The highest BCUT2D eigenvalue weighted by molar-refractivity contribution is 7.26. The highest BCUT2D eigenvalue weighted by Crippen LogP contribution is 2.48. The summed E-state index contributed by atoms with van der Waals surface area (Å²) in [7, 11) is 0. The zero-order valence-corrected chi connectivity index (χ0v) is 56.3. The van der Waals surface area contributed by atoms with E-state index in [1.54, 1.807) is 0 Å². The van der Waals surface area contributed by atoms with Crippen LogP contribution in [0, 0.1) is 0 Å². The Hall–Kier alpha value is -9.46. The molecular weight excluding hydrogens is 1150 g/mol. The molecule has 4 heterocycles. The molecule has 0 saturated carbocycles. The number of rotatable bonds is 8. The lowest BCUT2D eigenvalue weighted by Crippen LogP contribution is -2.17. The SMILES string of the molecule is CC(C)(C)c1cc(-n2c3ccccc3c3ccc(N(c4ccccc4)c4ccc5c(c4)sc4cc6cc7sc8cc(N(c9ccccc9)c9ccc%10c%11ccccc%11n(-c%11cc(C(C)(C)C)cc(C(C)(C)C)c%11)c%10c9)ccc8c7cc6cc45)cc32)cc(C(C)(C)C)c1. The summed E-state index contributed by atoms with van der Waals surface area (Å²) < 4.78 is 10.1. The Labute approximate surface area is 547 Å². The highest BCUT2D eigenvalue weighted by atomic mass is 32.1. The maximum absolute atomic E-state index is 2.50. The Kier molecular flexibility index (Phi) is 13.2. The van der Waals surface area contributed by atoms with Crippen molar-refractivity contribution in [2.24, 2.45) is 0 Å². The summed E-state index contributed by atoms with van der Waals surface area (Å²) in [6.45, 7) is 27.9. The quantitative estimate of drug-likeness (QED) is 0.151. The summed E-state index contributed by atoms with van der Waals surface area (Å²) in [4.78, 5) is 4.87. The minimum absolute atomic E-state index is 0.0192. The molecule has 0 atom stereocenters. The fourth-order valence-corrected chi connectivity index (χ4v) is 16.4. The summed E-state index contributed by atoms with van der Waals surface area (Å²) in [5, 5.41) is 12.7. The fourth-order valence-electron chi connectivity index (χ4n) is 14.1. The normalized spacial score (nSPS) is 12.8. The molecule has 12 aromatic carbocycles. The predicted octanol–water partition coefficient (Wildman–Crippen LogP) is 25.9. The molecule has 0 amide bonds. The van der Waals surface area contributed by atoms with Crippen LogP contribution in [-0.4, -0.2) is 9.13 Å². The number of benzene rings is 12. The summed E-state index contributed by atoms with van der Waals surface area (Å²) in [5.41, 5.74) is 19.2. The van der Waals surface area contributed by atoms with E-state index in [-0.39, 0.29) is 21.7 Å². The van der Waals surface area contributed by atoms with Crippen LogP contribution in [0.5, 0.6) is 0 Å². The maximum atomic E-state index is 2.50.